The molecule has 0 spiro atoms. The second-order valence-electron chi connectivity index (χ2n) is 6.15. The number of imidazole rings is 1. The highest BCUT2D eigenvalue weighted by Crippen LogP contribution is 2.15. The van der Waals surface area contributed by atoms with Crippen LogP contribution in [0.4, 0.5) is 0 Å². The van der Waals surface area contributed by atoms with Gasteiger partial charge in [-0.2, -0.15) is 0 Å². The van der Waals surface area contributed by atoms with Gasteiger partial charge >= 0.3 is 0 Å². The maximum Gasteiger partial charge on any atom is 0.191 e. The molecule has 3 heterocycles. The van der Waals surface area contributed by atoms with E-state index in [4.69, 9.17) is 4.52 Å². The highest BCUT2D eigenvalue weighted by Gasteiger charge is 2.13. The number of aryl methyl sites for hydroxylation is 3. The SMILES string of the molecule is CCc1noc(CC)c1CNC(=NC)NCc1cn2c(C)cccc2n1. The Morgan fingerprint density at radius 1 is 1.19 bits per heavy atom. The van der Waals surface area contributed by atoms with Crippen molar-refractivity contribution in [3.63, 3.8) is 0 Å². The minimum atomic E-state index is 0.603. The van der Waals surface area contributed by atoms with E-state index < -0.39 is 0 Å². The lowest BCUT2D eigenvalue weighted by Crippen LogP contribution is -2.36. The summed E-state index contributed by atoms with van der Waals surface area (Å²) in [5.41, 5.74) is 5.21. The molecule has 0 unspecified atom stereocenters. The number of nitrogens with zero attached hydrogens (tertiary/aromatic N) is 4. The third-order valence-electron chi connectivity index (χ3n) is 4.45. The van der Waals surface area contributed by atoms with E-state index in [1.54, 1.807) is 7.05 Å². The van der Waals surface area contributed by atoms with E-state index in [-0.39, 0.29) is 0 Å². The Labute approximate surface area is 153 Å². The van der Waals surface area contributed by atoms with Crippen molar-refractivity contribution in [2.45, 2.75) is 46.7 Å². The molecule has 2 N–H and O–H groups in total. The standard InChI is InChI=1S/C19H26N6O/c1-5-16-15(17(6-2)26-24-16)11-22-19(20-4)21-10-14-12-25-13(3)8-7-9-18(25)23-14/h7-9,12H,5-6,10-11H2,1-4H3,(H2,20,21,22). The highest BCUT2D eigenvalue weighted by atomic mass is 16.5. The molecule has 3 aromatic heterocycles. The van der Waals surface area contributed by atoms with Crippen LogP contribution in [-0.4, -0.2) is 27.5 Å². The molecule has 138 valence electrons. The fourth-order valence-corrected chi connectivity index (χ4v) is 2.99. The van der Waals surface area contributed by atoms with Crippen molar-refractivity contribution in [2.75, 3.05) is 7.05 Å². The molecule has 26 heavy (non-hydrogen) atoms. The Hall–Kier alpha value is -2.83. The molecule has 0 aliphatic heterocycles. The van der Waals surface area contributed by atoms with Gasteiger partial charge in [-0.15, -0.1) is 0 Å². The number of hydrogen-bond acceptors (Lipinski definition) is 4. The van der Waals surface area contributed by atoms with Crippen molar-refractivity contribution in [2.24, 2.45) is 4.99 Å². The molecule has 0 saturated carbocycles. The van der Waals surface area contributed by atoms with Crippen LogP contribution >= 0.6 is 0 Å². The first-order valence-corrected chi connectivity index (χ1v) is 9.00. The smallest absolute Gasteiger partial charge is 0.191 e. The number of aromatic nitrogens is 3. The molecular formula is C19H26N6O. The Morgan fingerprint density at radius 2 is 2.00 bits per heavy atom. The molecule has 0 aliphatic carbocycles. The van der Waals surface area contributed by atoms with E-state index >= 15 is 0 Å². The molecular weight excluding hydrogens is 328 g/mol. The lowest BCUT2D eigenvalue weighted by atomic mass is 10.1. The van der Waals surface area contributed by atoms with Crippen LogP contribution < -0.4 is 10.6 Å². The summed E-state index contributed by atoms with van der Waals surface area (Å²) in [6.45, 7) is 7.47. The zero-order chi connectivity index (χ0) is 18.5. The second kappa shape index (κ2) is 8.03. The second-order valence-corrected chi connectivity index (χ2v) is 6.15. The molecule has 0 atom stereocenters. The van der Waals surface area contributed by atoms with Gasteiger partial charge < -0.3 is 19.6 Å². The lowest BCUT2D eigenvalue weighted by molar-refractivity contribution is 0.380. The summed E-state index contributed by atoms with van der Waals surface area (Å²) in [7, 11) is 1.76. The molecule has 0 amide bonds. The summed E-state index contributed by atoms with van der Waals surface area (Å²) < 4.78 is 7.50. The summed E-state index contributed by atoms with van der Waals surface area (Å²) in [6, 6.07) is 6.10. The number of nitrogens with one attached hydrogen (secondary N) is 2. The van der Waals surface area contributed by atoms with Gasteiger partial charge in [0.1, 0.15) is 11.4 Å². The molecule has 0 radical (unpaired) electrons. The zero-order valence-corrected chi connectivity index (χ0v) is 15.8. The van der Waals surface area contributed by atoms with E-state index in [1.165, 1.54) is 0 Å². The molecule has 0 saturated heterocycles. The highest BCUT2D eigenvalue weighted by molar-refractivity contribution is 5.79. The molecule has 0 fully saturated rings. The number of pyridine rings is 1. The van der Waals surface area contributed by atoms with Gasteiger partial charge in [0, 0.05) is 37.5 Å². The molecule has 3 rings (SSSR count). The fourth-order valence-electron chi connectivity index (χ4n) is 2.99. The average Bonchev–Trinajstić information content (AvgIpc) is 3.25. The largest absolute Gasteiger partial charge is 0.361 e. The van der Waals surface area contributed by atoms with Gasteiger partial charge in [0.15, 0.2) is 5.96 Å². The third-order valence-corrected chi connectivity index (χ3v) is 4.45. The lowest BCUT2D eigenvalue weighted by Gasteiger charge is -2.11. The van der Waals surface area contributed by atoms with E-state index in [1.807, 2.05) is 12.1 Å². The molecule has 3 aromatic rings. The maximum atomic E-state index is 5.41. The molecule has 0 aromatic carbocycles. The van der Waals surface area contributed by atoms with Gasteiger partial charge in [0.2, 0.25) is 0 Å². The van der Waals surface area contributed by atoms with Crippen LogP contribution in [0.3, 0.4) is 0 Å². The number of aliphatic imine (C=N–C) groups is 1. The van der Waals surface area contributed by atoms with Gasteiger partial charge in [-0.1, -0.05) is 25.1 Å². The quantitative estimate of drug-likeness (QED) is 0.525. The minimum Gasteiger partial charge on any atom is -0.361 e. The van der Waals surface area contributed by atoms with E-state index in [0.29, 0.717) is 13.1 Å². The predicted molar refractivity (Wildman–Crippen MR) is 102 cm³/mol. The third kappa shape index (κ3) is 3.71. The monoisotopic (exact) mass is 354 g/mol. The van der Waals surface area contributed by atoms with E-state index in [9.17, 15) is 0 Å². The molecule has 7 heteroatoms. The first-order chi connectivity index (χ1) is 12.7. The van der Waals surface area contributed by atoms with E-state index in [0.717, 1.165) is 52.9 Å². The normalized spacial score (nSPS) is 11.9. The van der Waals surface area contributed by atoms with Crippen molar-refractivity contribution in [1.82, 2.24) is 25.2 Å². The van der Waals surface area contributed by atoms with Gasteiger partial charge in [-0.05, 0) is 25.5 Å². The van der Waals surface area contributed by atoms with Crippen molar-refractivity contribution in [3.8, 4) is 0 Å². The topological polar surface area (TPSA) is 79.8 Å². The van der Waals surface area contributed by atoms with Crippen LogP contribution in [0, 0.1) is 6.92 Å². The van der Waals surface area contributed by atoms with Crippen LogP contribution in [0.2, 0.25) is 0 Å². The van der Waals surface area contributed by atoms with Crippen LogP contribution in [0.5, 0.6) is 0 Å². The summed E-state index contributed by atoms with van der Waals surface area (Å²) >= 11 is 0. The van der Waals surface area contributed by atoms with Gasteiger partial charge in [-0.25, -0.2) is 4.98 Å². The van der Waals surface area contributed by atoms with Crippen LogP contribution in [0.15, 0.2) is 33.9 Å². The molecule has 0 bridgehead atoms. The Balaban J connectivity index is 1.63. The van der Waals surface area contributed by atoms with Crippen LogP contribution in [0.25, 0.3) is 5.65 Å². The Bertz CT molecular complexity index is 887. The van der Waals surface area contributed by atoms with E-state index in [2.05, 4.69) is 63.2 Å². The first kappa shape index (κ1) is 18.0. The first-order valence-electron chi connectivity index (χ1n) is 9.00. The van der Waals surface area contributed by atoms with Gasteiger partial charge in [0.05, 0.1) is 17.9 Å². The maximum absolute atomic E-state index is 5.41. The average molecular weight is 354 g/mol. The van der Waals surface area contributed by atoms with Crippen molar-refractivity contribution in [1.29, 1.82) is 0 Å². The number of rotatable bonds is 6. The summed E-state index contributed by atoms with van der Waals surface area (Å²) in [4.78, 5) is 8.93. The van der Waals surface area contributed by atoms with Gasteiger partial charge in [0.25, 0.3) is 0 Å². The van der Waals surface area contributed by atoms with Crippen molar-refractivity contribution < 1.29 is 4.52 Å². The van der Waals surface area contributed by atoms with Crippen LogP contribution in [0.1, 0.15) is 42.3 Å². The summed E-state index contributed by atoms with van der Waals surface area (Å²) in [6.07, 6.45) is 3.74. The van der Waals surface area contributed by atoms with Crippen LogP contribution in [-0.2, 0) is 25.9 Å². The van der Waals surface area contributed by atoms with Gasteiger partial charge in [-0.3, -0.25) is 4.99 Å². The Kier molecular flexibility index (Phi) is 5.55. The molecule has 0 aliphatic rings. The Morgan fingerprint density at radius 3 is 2.69 bits per heavy atom. The number of fused-ring (bicyclic) bond motifs is 1. The molecule has 7 nitrogen and oxygen atoms in total. The number of hydrogen-bond donors (Lipinski definition) is 2. The van der Waals surface area contributed by atoms with Crippen molar-refractivity contribution in [3.05, 3.63) is 52.8 Å². The predicted octanol–water partition coefficient (Wildman–Crippen LogP) is 2.62. The number of guanidine groups is 1. The minimum absolute atomic E-state index is 0.603. The summed E-state index contributed by atoms with van der Waals surface area (Å²) in [5.74, 6) is 1.66. The summed E-state index contributed by atoms with van der Waals surface area (Å²) in [5, 5.41) is 10.8. The zero-order valence-electron chi connectivity index (χ0n) is 15.8. The fraction of sp³-hybridized carbons (Fsp3) is 0.421. The van der Waals surface area contributed by atoms with Crippen molar-refractivity contribution >= 4 is 11.6 Å².